The average molecular weight is 339 g/mol. The molecule has 5 heteroatoms. The molecule has 3 nitrogen and oxygen atoms in total. The molecule has 0 saturated carbocycles. The molecule has 0 saturated heterocycles. The maximum absolute atomic E-state index is 13.5. The highest BCUT2D eigenvalue weighted by molar-refractivity contribution is 9.10. The van der Waals surface area contributed by atoms with E-state index in [1.807, 2.05) is 0 Å². The fraction of sp³-hybridized carbons (Fsp3) is 0.133. The van der Waals surface area contributed by atoms with E-state index in [4.69, 9.17) is 9.47 Å². The van der Waals surface area contributed by atoms with Crippen molar-refractivity contribution in [3.05, 3.63) is 57.8 Å². The molecule has 2 aromatic rings. The van der Waals surface area contributed by atoms with Crippen molar-refractivity contribution < 1.29 is 18.7 Å². The average Bonchev–Trinajstić information content (AvgIpc) is 2.48. The summed E-state index contributed by atoms with van der Waals surface area (Å²) in [5.41, 5.74) is 0.658. The molecule has 104 valence electrons. The fourth-order valence-corrected chi connectivity index (χ4v) is 2.26. The Labute approximate surface area is 124 Å². The van der Waals surface area contributed by atoms with E-state index in [0.717, 1.165) is 0 Å². The van der Waals surface area contributed by atoms with Gasteiger partial charge in [-0.05, 0) is 46.3 Å². The molecule has 0 fully saturated rings. The van der Waals surface area contributed by atoms with Gasteiger partial charge in [-0.15, -0.1) is 0 Å². The lowest BCUT2D eigenvalue weighted by molar-refractivity contribution is 0.103. The van der Waals surface area contributed by atoms with Crippen LogP contribution in [0.5, 0.6) is 11.5 Å². The first-order valence-electron chi connectivity index (χ1n) is 5.79. The summed E-state index contributed by atoms with van der Waals surface area (Å²) in [5.74, 6) is 0.210. The zero-order valence-electron chi connectivity index (χ0n) is 10.9. The third-order valence-electron chi connectivity index (χ3n) is 2.84. The molecule has 0 atom stereocenters. The van der Waals surface area contributed by atoms with Crippen molar-refractivity contribution in [1.29, 1.82) is 0 Å². The summed E-state index contributed by atoms with van der Waals surface area (Å²) in [7, 11) is 3.01. The van der Waals surface area contributed by atoms with Crippen LogP contribution in [-0.4, -0.2) is 20.0 Å². The molecular weight excluding hydrogens is 327 g/mol. The number of hydrogen-bond donors (Lipinski definition) is 0. The van der Waals surface area contributed by atoms with Gasteiger partial charge in [0.1, 0.15) is 5.82 Å². The van der Waals surface area contributed by atoms with Crippen LogP contribution in [0.25, 0.3) is 0 Å². The highest BCUT2D eigenvalue weighted by Gasteiger charge is 2.17. The molecule has 0 radical (unpaired) electrons. The maximum atomic E-state index is 13.5. The van der Waals surface area contributed by atoms with Crippen molar-refractivity contribution in [3.8, 4) is 11.5 Å². The summed E-state index contributed by atoms with van der Waals surface area (Å²) < 4.78 is 23.9. The van der Waals surface area contributed by atoms with Crippen LogP contribution in [0, 0.1) is 5.82 Å². The van der Waals surface area contributed by atoms with Crippen LogP contribution in [0.1, 0.15) is 15.9 Å². The van der Waals surface area contributed by atoms with Crippen molar-refractivity contribution in [2.75, 3.05) is 14.2 Å². The van der Waals surface area contributed by atoms with Gasteiger partial charge in [-0.25, -0.2) is 4.39 Å². The smallest absolute Gasteiger partial charge is 0.194 e. The number of ketones is 1. The number of benzene rings is 2. The van der Waals surface area contributed by atoms with E-state index in [0.29, 0.717) is 17.1 Å². The van der Waals surface area contributed by atoms with Gasteiger partial charge in [-0.1, -0.05) is 6.07 Å². The van der Waals surface area contributed by atoms with Gasteiger partial charge in [0.2, 0.25) is 0 Å². The predicted octanol–water partition coefficient (Wildman–Crippen LogP) is 3.84. The third kappa shape index (κ3) is 2.67. The number of hydrogen-bond acceptors (Lipinski definition) is 3. The Bertz CT molecular complexity index is 656. The standard InChI is InChI=1S/C15H12BrFO3/c1-19-12-7-6-9(8-13(12)20-2)15(18)10-4-3-5-11(17)14(10)16/h3-8H,1-2H3. The molecule has 2 rings (SSSR count). The number of halogens is 2. The number of carbonyl (C=O) groups is 1. The van der Waals surface area contributed by atoms with Crippen LogP contribution < -0.4 is 9.47 Å². The Balaban J connectivity index is 2.46. The largest absolute Gasteiger partial charge is 0.493 e. The molecule has 0 aliphatic carbocycles. The molecule has 0 aliphatic rings. The summed E-state index contributed by atoms with van der Waals surface area (Å²) >= 11 is 3.09. The Morgan fingerprint density at radius 2 is 1.80 bits per heavy atom. The van der Waals surface area contributed by atoms with Crippen molar-refractivity contribution in [1.82, 2.24) is 0 Å². The van der Waals surface area contributed by atoms with E-state index in [2.05, 4.69) is 15.9 Å². The number of ether oxygens (including phenoxy) is 2. The lowest BCUT2D eigenvalue weighted by Crippen LogP contribution is -2.04. The summed E-state index contributed by atoms with van der Waals surface area (Å²) in [6.45, 7) is 0. The first-order valence-corrected chi connectivity index (χ1v) is 6.58. The molecular formula is C15H12BrFO3. The summed E-state index contributed by atoms with van der Waals surface area (Å²) in [4.78, 5) is 12.4. The molecule has 0 unspecified atom stereocenters. The minimum atomic E-state index is -0.476. The Kier molecular flexibility index (Phi) is 4.39. The van der Waals surface area contributed by atoms with Crippen molar-refractivity contribution in [2.45, 2.75) is 0 Å². The molecule has 0 aliphatic heterocycles. The van der Waals surface area contributed by atoms with Gasteiger partial charge in [0, 0.05) is 11.1 Å². The minimum absolute atomic E-state index is 0.153. The topological polar surface area (TPSA) is 35.5 Å². The lowest BCUT2D eigenvalue weighted by atomic mass is 10.0. The zero-order valence-corrected chi connectivity index (χ0v) is 12.5. The molecule has 0 aromatic heterocycles. The van der Waals surface area contributed by atoms with Gasteiger partial charge >= 0.3 is 0 Å². The van der Waals surface area contributed by atoms with Gasteiger partial charge in [0.05, 0.1) is 18.7 Å². The SMILES string of the molecule is COc1ccc(C(=O)c2cccc(F)c2Br)cc1OC. The van der Waals surface area contributed by atoms with E-state index in [1.165, 1.54) is 26.4 Å². The highest BCUT2D eigenvalue weighted by atomic mass is 79.9. The lowest BCUT2D eigenvalue weighted by Gasteiger charge is -2.10. The van der Waals surface area contributed by atoms with Crippen molar-refractivity contribution in [2.24, 2.45) is 0 Å². The molecule has 20 heavy (non-hydrogen) atoms. The fourth-order valence-electron chi connectivity index (χ4n) is 1.81. The van der Waals surface area contributed by atoms with E-state index >= 15 is 0 Å². The van der Waals surface area contributed by atoms with Crippen LogP contribution in [0.4, 0.5) is 4.39 Å². The van der Waals surface area contributed by atoms with Crippen molar-refractivity contribution >= 4 is 21.7 Å². The molecule has 0 amide bonds. The van der Waals surface area contributed by atoms with Crippen LogP contribution in [-0.2, 0) is 0 Å². The van der Waals surface area contributed by atoms with E-state index in [9.17, 15) is 9.18 Å². The van der Waals surface area contributed by atoms with E-state index in [1.54, 1.807) is 24.3 Å². The third-order valence-corrected chi connectivity index (χ3v) is 3.65. The quantitative estimate of drug-likeness (QED) is 0.794. The molecule has 0 heterocycles. The number of carbonyl (C=O) groups excluding carboxylic acids is 1. The molecule has 2 aromatic carbocycles. The van der Waals surface area contributed by atoms with Gasteiger partial charge < -0.3 is 9.47 Å². The van der Waals surface area contributed by atoms with Crippen LogP contribution in [0.3, 0.4) is 0 Å². The highest BCUT2D eigenvalue weighted by Crippen LogP contribution is 2.30. The van der Waals surface area contributed by atoms with E-state index < -0.39 is 5.82 Å². The molecule has 0 bridgehead atoms. The molecule has 0 spiro atoms. The monoisotopic (exact) mass is 338 g/mol. The van der Waals surface area contributed by atoms with Gasteiger partial charge in [-0.2, -0.15) is 0 Å². The second kappa shape index (κ2) is 6.05. The zero-order chi connectivity index (χ0) is 14.7. The summed E-state index contributed by atoms with van der Waals surface area (Å²) in [6.07, 6.45) is 0. The summed E-state index contributed by atoms with van der Waals surface area (Å²) in [6, 6.07) is 9.16. The van der Waals surface area contributed by atoms with Crippen LogP contribution in [0.2, 0.25) is 0 Å². The minimum Gasteiger partial charge on any atom is -0.493 e. The van der Waals surface area contributed by atoms with Gasteiger partial charge in [-0.3, -0.25) is 4.79 Å². The number of methoxy groups -OCH3 is 2. The van der Waals surface area contributed by atoms with Crippen molar-refractivity contribution in [3.63, 3.8) is 0 Å². The first kappa shape index (κ1) is 14.5. The summed E-state index contributed by atoms with van der Waals surface area (Å²) in [5, 5.41) is 0. The second-order valence-electron chi connectivity index (χ2n) is 4.00. The number of rotatable bonds is 4. The van der Waals surface area contributed by atoms with Crippen LogP contribution in [0.15, 0.2) is 40.9 Å². The Morgan fingerprint density at radius 3 is 2.45 bits per heavy atom. The second-order valence-corrected chi connectivity index (χ2v) is 4.79. The van der Waals surface area contributed by atoms with Gasteiger partial charge in [0.25, 0.3) is 0 Å². The molecule has 0 N–H and O–H groups in total. The van der Waals surface area contributed by atoms with E-state index in [-0.39, 0.29) is 15.8 Å². The predicted molar refractivity (Wildman–Crippen MR) is 77.1 cm³/mol. The first-order chi connectivity index (χ1) is 9.58. The van der Waals surface area contributed by atoms with Crippen LogP contribution >= 0.6 is 15.9 Å². The van der Waals surface area contributed by atoms with Gasteiger partial charge in [0.15, 0.2) is 17.3 Å². The Hall–Kier alpha value is -1.88. The maximum Gasteiger partial charge on any atom is 0.194 e. The Morgan fingerprint density at radius 1 is 1.10 bits per heavy atom. The normalized spacial score (nSPS) is 10.2.